The minimum absolute atomic E-state index is 0.0143. The van der Waals surface area contributed by atoms with Crippen LogP contribution in [0.3, 0.4) is 0 Å². The quantitative estimate of drug-likeness (QED) is 0.353. The van der Waals surface area contributed by atoms with Gasteiger partial charge in [-0.2, -0.15) is 18.6 Å². The Hall–Kier alpha value is -2.53. The SMILES string of the molecule is CC(C)(C)CCNCCOc1ccc(-c2c(Cl)cc(C3(N)N=C(N)NN3)cc2C(F)(F)F)cc1. The molecular formula is C23H30ClF3N6O. The fraction of sp³-hybridized carbons (Fsp3) is 0.435. The summed E-state index contributed by atoms with van der Waals surface area (Å²) >= 11 is 6.33. The first-order chi connectivity index (χ1) is 15.8. The van der Waals surface area contributed by atoms with Crippen molar-refractivity contribution >= 4 is 17.6 Å². The van der Waals surface area contributed by atoms with Crippen LogP contribution in [0.1, 0.15) is 38.3 Å². The number of halogens is 4. The molecule has 0 spiro atoms. The zero-order valence-electron chi connectivity index (χ0n) is 19.3. The van der Waals surface area contributed by atoms with Gasteiger partial charge in [0.05, 0.1) is 5.56 Å². The molecule has 2 aromatic rings. The summed E-state index contributed by atoms with van der Waals surface area (Å²) in [5.41, 5.74) is 16.1. The molecule has 0 aromatic heterocycles. The predicted octanol–water partition coefficient (Wildman–Crippen LogP) is 3.92. The van der Waals surface area contributed by atoms with E-state index in [2.05, 4.69) is 41.9 Å². The Morgan fingerprint density at radius 1 is 1.12 bits per heavy atom. The molecule has 1 atom stereocenters. The van der Waals surface area contributed by atoms with Crippen LogP contribution in [0, 0.1) is 5.41 Å². The number of nitrogens with zero attached hydrogens (tertiary/aromatic N) is 1. The van der Waals surface area contributed by atoms with Crippen LogP contribution in [0.5, 0.6) is 5.75 Å². The van der Waals surface area contributed by atoms with Gasteiger partial charge in [-0.25, -0.2) is 4.99 Å². The van der Waals surface area contributed by atoms with Gasteiger partial charge in [-0.05, 0) is 48.2 Å². The van der Waals surface area contributed by atoms with E-state index in [9.17, 15) is 13.2 Å². The van der Waals surface area contributed by atoms with Crippen LogP contribution in [0.15, 0.2) is 41.4 Å². The molecule has 1 aliphatic rings. The summed E-state index contributed by atoms with van der Waals surface area (Å²) < 4.78 is 47.6. The highest BCUT2D eigenvalue weighted by Gasteiger charge is 2.39. The molecule has 0 aliphatic carbocycles. The van der Waals surface area contributed by atoms with Crippen LogP contribution in [0.2, 0.25) is 5.02 Å². The topological polar surface area (TPSA) is 110 Å². The Labute approximate surface area is 202 Å². The smallest absolute Gasteiger partial charge is 0.417 e. The number of alkyl halides is 3. The molecule has 0 radical (unpaired) electrons. The second-order valence-corrected chi connectivity index (χ2v) is 9.73. The lowest BCUT2D eigenvalue weighted by Crippen LogP contribution is -2.50. The van der Waals surface area contributed by atoms with Gasteiger partial charge in [0.15, 0.2) is 0 Å². The van der Waals surface area contributed by atoms with E-state index in [0.717, 1.165) is 19.0 Å². The van der Waals surface area contributed by atoms with Crippen LogP contribution < -0.4 is 32.4 Å². The number of hydrazine groups is 1. The standard InChI is InChI=1S/C23H30ClF3N6O/c1-21(2,3)8-9-30-10-11-34-16-6-4-14(5-7-16)19-17(22(25,26)27)12-15(13-18(19)24)23(29)31-20(28)32-33-23/h4-7,12-13,30,33H,8-11,29H2,1-3H3,(H3,28,31,32). The number of nitrogens with two attached hydrogens (primary N) is 2. The van der Waals surface area contributed by atoms with Gasteiger partial charge in [0.1, 0.15) is 12.4 Å². The van der Waals surface area contributed by atoms with E-state index in [0.29, 0.717) is 24.5 Å². The molecule has 7 N–H and O–H groups in total. The molecule has 2 aromatic carbocycles. The number of benzene rings is 2. The lowest BCUT2D eigenvalue weighted by Gasteiger charge is -2.24. The summed E-state index contributed by atoms with van der Waals surface area (Å²) in [5.74, 6) is -1.17. The monoisotopic (exact) mass is 498 g/mol. The van der Waals surface area contributed by atoms with Crippen molar-refractivity contribution < 1.29 is 17.9 Å². The Kier molecular flexibility index (Phi) is 7.66. The highest BCUT2D eigenvalue weighted by atomic mass is 35.5. The number of guanidine groups is 1. The van der Waals surface area contributed by atoms with Gasteiger partial charge in [0.2, 0.25) is 11.7 Å². The van der Waals surface area contributed by atoms with Crippen molar-refractivity contribution in [1.29, 1.82) is 0 Å². The number of nitrogens with one attached hydrogen (secondary N) is 3. The molecule has 1 heterocycles. The number of hydrogen-bond donors (Lipinski definition) is 5. The van der Waals surface area contributed by atoms with Crippen LogP contribution in [0.4, 0.5) is 13.2 Å². The van der Waals surface area contributed by atoms with Gasteiger partial charge in [-0.3, -0.25) is 11.2 Å². The fourth-order valence-electron chi connectivity index (χ4n) is 3.43. The number of ether oxygens (including phenoxy) is 1. The zero-order chi connectivity index (χ0) is 25.1. The molecule has 34 heavy (non-hydrogen) atoms. The second-order valence-electron chi connectivity index (χ2n) is 9.33. The van der Waals surface area contributed by atoms with Gasteiger partial charge >= 0.3 is 6.18 Å². The maximum Gasteiger partial charge on any atom is 0.417 e. The number of aliphatic imine (C=N–C) groups is 1. The lowest BCUT2D eigenvalue weighted by atomic mass is 9.92. The van der Waals surface area contributed by atoms with E-state index in [4.69, 9.17) is 27.8 Å². The fourth-order valence-corrected chi connectivity index (χ4v) is 3.76. The summed E-state index contributed by atoms with van der Waals surface area (Å²) in [4.78, 5) is 3.93. The third kappa shape index (κ3) is 6.53. The van der Waals surface area contributed by atoms with Gasteiger partial charge in [0.25, 0.3) is 0 Å². The van der Waals surface area contributed by atoms with Gasteiger partial charge in [-0.15, -0.1) is 0 Å². The Bertz CT molecular complexity index is 1040. The van der Waals surface area contributed by atoms with Crippen molar-refractivity contribution in [2.45, 2.75) is 39.2 Å². The molecular weight excluding hydrogens is 469 g/mol. The molecule has 0 amide bonds. The second kappa shape index (κ2) is 9.99. The molecule has 0 bridgehead atoms. The maximum absolute atomic E-state index is 14.0. The molecule has 1 aliphatic heterocycles. The van der Waals surface area contributed by atoms with Crippen molar-refractivity contribution in [3.63, 3.8) is 0 Å². The molecule has 0 saturated heterocycles. The van der Waals surface area contributed by atoms with Gasteiger partial charge in [-0.1, -0.05) is 44.5 Å². The normalized spacial score (nSPS) is 18.5. The minimum atomic E-state index is -4.68. The van der Waals surface area contributed by atoms with Crippen molar-refractivity contribution in [3.05, 3.63) is 52.5 Å². The van der Waals surface area contributed by atoms with E-state index in [1.165, 1.54) is 6.07 Å². The minimum Gasteiger partial charge on any atom is -0.492 e. The summed E-state index contributed by atoms with van der Waals surface area (Å²) in [7, 11) is 0. The maximum atomic E-state index is 14.0. The Balaban J connectivity index is 1.76. The molecule has 3 rings (SSSR count). The predicted molar refractivity (Wildman–Crippen MR) is 128 cm³/mol. The molecule has 186 valence electrons. The third-order valence-electron chi connectivity index (χ3n) is 5.26. The molecule has 7 nitrogen and oxygen atoms in total. The molecule has 0 saturated carbocycles. The van der Waals surface area contributed by atoms with Crippen LogP contribution in [-0.4, -0.2) is 25.7 Å². The highest BCUT2D eigenvalue weighted by Crippen LogP contribution is 2.43. The van der Waals surface area contributed by atoms with Gasteiger partial charge < -0.3 is 15.8 Å². The summed E-state index contributed by atoms with van der Waals surface area (Å²) in [5, 5.41) is 3.19. The summed E-state index contributed by atoms with van der Waals surface area (Å²) in [6.45, 7) is 8.52. The number of hydrogen-bond acceptors (Lipinski definition) is 7. The van der Waals surface area contributed by atoms with E-state index < -0.39 is 17.5 Å². The first-order valence-corrected chi connectivity index (χ1v) is 11.2. The largest absolute Gasteiger partial charge is 0.492 e. The van der Waals surface area contributed by atoms with E-state index in [-0.39, 0.29) is 27.5 Å². The Morgan fingerprint density at radius 2 is 1.79 bits per heavy atom. The van der Waals surface area contributed by atoms with Crippen molar-refractivity contribution in [2.75, 3.05) is 19.7 Å². The van der Waals surface area contributed by atoms with Crippen molar-refractivity contribution in [3.8, 4) is 16.9 Å². The van der Waals surface area contributed by atoms with Crippen LogP contribution in [-0.2, 0) is 12.0 Å². The highest BCUT2D eigenvalue weighted by molar-refractivity contribution is 6.33. The molecule has 0 fully saturated rings. The van der Waals surface area contributed by atoms with Crippen LogP contribution >= 0.6 is 11.6 Å². The third-order valence-corrected chi connectivity index (χ3v) is 5.55. The summed E-state index contributed by atoms with van der Waals surface area (Å²) in [6, 6.07) is 8.59. The van der Waals surface area contributed by atoms with Crippen molar-refractivity contribution in [1.82, 2.24) is 16.2 Å². The van der Waals surface area contributed by atoms with Crippen LogP contribution in [0.25, 0.3) is 11.1 Å². The Morgan fingerprint density at radius 3 is 2.35 bits per heavy atom. The number of rotatable bonds is 8. The van der Waals surface area contributed by atoms with Crippen molar-refractivity contribution in [2.24, 2.45) is 21.9 Å². The van der Waals surface area contributed by atoms with Gasteiger partial charge in [0, 0.05) is 22.7 Å². The first-order valence-electron chi connectivity index (χ1n) is 10.8. The first kappa shape index (κ1) is 26.1. The average Bonchev–Trinajstić information content (AvgIpc) is 3.09. The summed E-state index contributed by atoms with van der Waals surface area (Å²) in [6.07, 6.45) is -3.64. The average molecular weight is 499 g/mol. The van der Waals surface area contributed by atoms with E-state index in [1.807, 2.05) is 0 Å². The molecule has 11 heteroatoms. The van der Waals surface area contributed by atoms with E-state index in [1.54, 1.807) is 24.3 Å². The van der Waals surface area contributed by atoms with E-state index >= 15 is 0 Å². The lowest BCUT2D eigenvalue weighted by molar-refractivity contribution is -0.137. The zero-order valence-corrected chi connectivity index (χ0v) is 20.1. The molecule has 1 unspecified atom stereocenters.